The molecule has 4 aromatic rings. The molecule has 0 aliphatic rings. The third kappa shape index (κ3) is 4.34. The molecule has 0 atom stereocenters. The Labute approximate surface area is 197 Å². The maximum absolute atomic E-state index is 13.2. The average Bonchev–Trinajstić information content (AvgIpc) is 2.90. The number of rotatable bonds is 7. The highest BCUT2D eigenvalue weighted by atomic mass is 16.5. The number of hydrogen-bond acceptors (Lipinski definition) is 7. The summed E-state index contributed by atoms with van der Waals surface area (Å²) in [6, 6.07) is 21.7. The van der Waals surface area contributed by atoms with Crippen LogP contribution in [0.15, 0.2) is 66.7 Å². The summed E-state index contributed by atoms with van der Waals surface area (Å²) in [4.78, 5) is 17.9. The molecule has 0 aliphatic heterocycles. The second-order valence-electron chi connectivity index (χ2n) is 7.33. The Balaban J connectivity index is 1.77. The zero-order chi connectivity index (χ0) is 24.1. The number of para-hydroxylation sites is 1. The lowest BCUT2D eigenvalue weighted by Gasteiger charge is -2.15. The van der Waals surface area contributed by atoms with Gasteiger partial charge in [0, 0.05) is 16.5 Å². The first kappa shape index (κ1) is 22.6. The summed E-state index contributed by atoms with van der Waals surface area (Å²) in [6.45, 7) is -0.0151. The van der Waals surface area contributed by atoms with Gasteiger partial charge in [-0.15, -0.1) is 0 Å². The Hall–Kier alpha value is -4.57. The van der Waals surface area contributed by atoms with Crippen LogP contribution < -0.4 is 14.2 Å². The summed E-state index contributed by atoms with van der Waals surface area (Å²) >= 11 is 0. The van der Waals surface area contributed by atoms with Gasteiger partial charge in [0.1, 0.15) is 6.61 Å². The van der Waals surface area contributed by atoms with E-state index in [1.54, 1.807) is 42.5 Å². The molecule has 0 spiro atoms. The second-order valence-corrected chi connectivity index (χ2v) is 7.33. The molecular weight excluding hydrogens is 432 g/mol. The van der Waals surface area contributed by atoms with Crippen LogP contribution in [0.4, 0.5) is 0 Å². The van der Waals surface area contributed by atoms with E-state index in [1.807, 2.05) is 24.3 Å². The lowest BCUT2D eigenvalue weighted by molar-refractivity contribution is 0.0475. The molecule has 7 heteroatoms. The molecule has 0 saturated heterocycles. The van der Waals surface area contributed by atoms with Crippen LogP contribution in [0.3, 0.4) is 0 Å². The minimum absolute atomic E-state index is 0.0151. The number of fused-ring (bicyclic) bond motifs is 1. The summed E-state index contributed by atoms with van der Waals surface area (Å²) < 4.78 is 21.9. The van der Waals surface area contributed by atoms with Gasteiger partial charge in [-0.3, -0.25) is 0 Å². The number of carbonyl (C=O) groups is 1. The lowest BCUT2D eigenvalue weighted by Crippen LogP contribution is -2.08. The van der Waals surface area contributed by atoms with Gasteiger partial charge in [0.2, 0.25) is 5.75 Å². The van der Waals surface area contributed by atoms with Crippen LogP contribution in [-0.2, 0) is 11.3 Å². The van der Waals surface area contributed by atoms with Crippen molar-refractivity contribution < 1.29 is 23.7 Å². The molecule has 0 unspecified atom stereocenters. The Bertz CT molecular complexity index is 1380. The Morgan fingerprint density at radius 1 is 0.912 bits per heavy atom. The summed E-state index contributed by atoms with van der Waals surface area (Å²) in [6.07, 6.45) is 0. The third-order valence-electron chi connectivity index (χ3n) is 5.39. The predicted molar refractivity (Wildman–Crippen MR) is 127 cm³/mol. The van der Waals surface area contributed by atoms with Crippen molar-refractivity contribution >= 4 is 16.9 Å². The van der Waals surface area contributed by atoms with E-state index in [9.17, 15) is 10.1 Å². The van der Waals surface area contributed by atoms with Gasteiger partial charge < -0.3 is 18.9 Å². The Morgan fingerprint density at radius 2 is 1.59 bits per heavy atom. The molecule has 0 saturated carbocycles. The zero-order valence-corrected chi connectivity index (χ0v) is 19.0. The molecule has 0 N–H and O–H groups in total. The number of benzene rings is 3. The van der Waals surface area contributed by atoms with Crippen molar-refractivity contribution in [2.24, 2.45) is 0 Å². The molecule has 170 valence electrons. The summed E-state index contributed by atoms with van der Waals surface area (Å²) in [5.41, 5.74) is 3.34. The van der Waals surface area contributed by atoms with Gasteiger partial charge in [-0.1, -0.05) is 36.4 Å². The number of nitrogens with zero attached hydrogens (tertiary/aromatic N) is 2. The van der Waals surface area contributed by atoms with E-state index in [0.717, 1.165) is 0 Å². The van der Waals surface area contributed by atoms with Crippen LogP contribution in [0, 0.1) is 11.3 Å². The number of carbonyl (C=O) groups excluding carboxylic acids is 1. The topological polar surface area (TPSA) is 90.7 Å². The second kappa shape index (κ2) is 9.92. The fourth-order valence-corrected chi connectivity index (χ4v) is 3.70. The molecule has 0 radical (unpaired) electrons. The van der Waals surface area contributed by atoms with Crippen molar-refractivity contribution in [3.8, 4) is 34.6 Å². The first-order chi connectivity index (χ1) is 16.6. The minimum atomic E-state index is -0.514. The quantitative estimate of drug-likeness (QED) is 0.356. The van der Waals surface area contributed by atoms with Crippen molar-refractivity contribution in [1.82, 2.24) is 4.98 Å². The molecular formula is C27H22N2O5. The maximum Gasteiger partial charge on any atom is 0.339 e. The highest BCUT2D eigenvalue weighted by Crippen LogP contribution is 2.41. The van der Waals surface area contributed by atoms with Crippen molar-refractivity contribution in [3.05, 3.63) is 83.4 Å². The molecule has 1 aromatic heterocycles. The van der Waals surface area contributed by atoms with Crippen LogP contribution >= 0.6 is 0 Å². The predicted octanol–water partition coefficient (Wildman–Crippen LogP) is 5.16. The Kier molecular flexibility index (Phi) is 6.60. The number of hydrogen-bond donors (Lipinski definition) is 0. The molecule has 34 heavy (non-hydrogen) atoms. The summed E-state index contributed by atoms with van der Waals surface area (Å²) in [5.74, 6) is 0.901. The van der Waals surface area contributed by atoms with Gasteiger partial charge in [-0.25, -0.2) is 9.78 Å². The van der Waals surface area contributed by atoms with Crippen LogP contribution in [0.5, 0.6) is 17.2 Å². The van der Waals surface area contributed by atoms with Crippen LogP contribution in [0.25, 0.3) is 22.2 Å². The first-order valence-electron chi connectivity index (χ1n) is 10.4. The fraction of sp³-hybridized carbons (Fsp3) is 0.148. The van der Waals surface area contributed by atoms with E-state index in [1.165, 1.54) is 21.3 Å². The van der Waals surface area contributed by atoms with E-state index >= 15 is 0 Å². The maximum atomic E-state index is 13.2. The lowest BCUT2D eigenvalue weighted by atomic mass is 10.0. The van der Waals surface area contributed by atoms with E-state index in [0.29, 0.717) is 56.1 Å². The van der Waals surface area contributed by atoms with E-state index in [4.69, 9.17) is 23.9 Å². The number of nitriles is 1. The number of ether oxygens (including phenoxy) is 4. The van der Waals surface area contributed by atoms with Crippen molar-refractivity contribution in [2.45, 2.75) is 6.61 Å². The molecule has 1 heterocycles. The Morgan fingerprint density at radius 3 is 2.26 bits per heavy atom. The van der Waals surface area contributed by atoms with Crippen molar-refractivity contribution in [1.29, 1.82) is 5.26 Å². The standard InChI is InChI=1S/C27H22N2O5/c1-31-24-12-19(13-25(32-2)26(24)33-3)23-14-21(20-10-6-7-11-22(20)29-23)27(30)34-16-18-9-5-4-8-17(18)15-28/h4-14H,16H2,1-3H3. The number of methoxy groups -OCH3 is 3. The van der Waals surface area contributed by atoms with Crippen LogP contribution in [0.2, 0.25) is 0 Å². The molecule has 0 bridgehead atoms. The van der Waals surface area contributed by atoms with Crippen molar-refractivity contribution in [3.63, 3.8) is 0 Å². The van der Waals surface area contributed by atoms with Gasteiger partial charge in [0.25, 0.3) is 0 Å². The van der Waals surface area contributed by atoms with Crippen LogP contribution in [-0.4, -0.2) is 32.3 Å². The summed E-state index contributed by atoms with van der Waals surface area (Å²) in [7, 11) is 4.61. The highest BCUT2D eigenvalue weighted by molar-refractivity contribution is 6.04. The zero-order valence-electron chi connectivity index (χ0n) is 19.0. The third-order valence-corrected chi connectivity index (χ3v) is 5.39. The van der Waals surface area contributed by atoms with Gasteiger partial charge in [0.05, 0.1) is 49.7 Å². The fourth-order valence-electron chi connectivity index (χ4n) is 3.70. The molecule has 3 aromatic carbocycles. The normalized spacial score (nSPS) is 10.4. The highest BCUT2D eigenvalue weighted by Gasteiger charge is 2.19. The van der Waals surface area contributed by atoms with Crippen molar-refractivity contribution in [2.75, 3.05) is 21.3 Å². The molecule has 0 amide bonds. The van der Waals surface area contributed by atoms with Crippen LogP contribution in [0.1, 0.15) is 21.5 Å². The number of pyridine rings is 1. The smallest absolute Gasteiger partial charge is 0.339 e. The van der Waals surface area contributed by atoms with E-state index in [-0.39, 0.29) is 6.61 Å². The number of aromatic nitrogens is 1. The SMILES string of the molecule is COc1cc(-c2cc(C(=O)OCc3ccccc3C#N)c3ccccc3n2)cc(OC)c1OC. The minimum Gasteiger partial charge on any atom is -0.493 e. The van der Waals surface area contributed by atoms with E-state index < -0.39 is 5.97 Å². The number of esters is 1. The largest absolute Gasteiger partial charge is 0.493 e. The molecule has 4 rings (SSSR count). The molecule has 0 aliphatic carbocycles. The van der Waals surface area contributed by atoms with Gasteiger partial charge in [-0.05, 0) is 30.3 Å². The van der Waals surface area contributed by atoms with Gasteiger partial charge in [-0.2, -0.15) is 5.26 Å². The van der Waals surface area contributed by atoms with Gasteiger partial charge in [0.15, 0.2) is 11.5 Å². The summed E-state index contributed by atoms with van der Waals surface area (Å²) in [5, 5.41) is 9.96. The van der Waals surface area contributed by atoms with E-state index in [2.05, 4.69) is 6.07 Å². The monoisotopic (exact) mass is 454 g/mol. The van der Waals surface area contributed by atoms with Gasteiger partial charge >= 0.3 is 5.97 Å². The molecule has 7 nitrogen and oxygen atoms in total. The molecule has 0 fully saturated rings. The average molecular weight is 454 g/mol. The first-order valence-corrected chi connectivity index (χ1v) is 10.4.